The van der Waals surface area contributed by atoms with E-state index in [2.05, 4.69) is 25.3 Å². The van der Waals surface area contributed by atoms with Crippen LogP contribution in [0.4, 0.5) is 27.8 Å². The number of alkyl halides is 3. The minimum atomic E-state index is -4.67. The minimum Gasteiger partial charge on any atom is -0.439 e. The van der Waals surface area contributed by atoms with Crippen LogP contribution in [0.5, 0.6) is 11.6 Å². The normalized spacial score (nSPS) is 11.5. The predicted octanol–water partition coefficient (Wildman–Crippen LogP) is 5.16. The second kappa shape index (κ2) is 8.69. The van der Waals surface area contributed by atoms with E-state index in [1.54, 1.807) is 24.3 Å². The van der Waals surface area contributed by atoms with Crippen molar-refractivity contribution >= 4 is 16.7 Å². The van der Waals surface area contributed by atoms with E-state index in [1.807, 2.05) is 0 Å². The largest absolute Gasteiger partial charge is 0.451 e. The Hall–Kier alpha value is -3.89. The van der Waals surface area contributed by atoms with Crippen molar-refractivity contribution < 1.29 is 26.7 Å². The standard InChI is InChI=1S/C21H14F5N5O/c22-14-5-6-15(23)18-17(14)19(30-11-29-18)27-9-7-12-1-3-13(4-2-12)32-16-8-10-28-20(31-16)21(24,25)26/h1-6,8,10-11H,7,9H2,(H,27,29,30). The number of nitrogens with one attached hydrogen (secondary N) is 1. The Balaban J connectivity index is 1.39. The summed E-state index contributed by atoms with van der Waals surface area (Å²) in [6.45, 7) is 0.364. The highest BCUT2D eigenvalue weighted by Crippen LogP contribution is 2.28. The zero-order valence-corrected chi connectivity index (χ0v) is 16.2. The number of nitrogens with zero attached hydrogens (tertiary/aromatic N) is 4. The Morgan fingerprint density at radius 2 is 1.62 bits per heavy atom. The third-order valence-electron chi connectivity index (χ3n) is 4.42. The summed E-state index contributed by atoms with van der Waals surface area (Å²) in [6, 6.07) is 9.85. The zero-order chi connectivity index (χ0) is 22.7. The number of fused-ring (bicyclic) bond motifs is 1. The Morgan fingerprint density at radius 3 is 2.38 bits per heavy atom. The van der Waals surface area contributed by atoms with Crippen molar-refractivity contribution in [3.63, 3.8) is 0 Å². The lowest BCUT2D eigenvalue weighted by molar-refractivity contribution is -0.145. The van der Waals surface area contributed by atoms with Gasteiger partial charge in [-0.05, 0) is 36.2 Å². The van der Waals surface area contributed by atoms with Crippen LogP contribution in [-0.4, -0.2) is 26.5 Å². The Labute approximate surface area is 178 Å². The predicted molar refractivity (Wildman–Crippen MR) is 105 cm³/mol. The van der Waals surface area contributed by atoms with Crippen LogP contribution in [0, 0.1) is 11.6 Å². The van der Waals surface area contributed by atoms with Crippen LogP contribution in [0.2, 0.25) is 0 Å². The first-order valence-electron chi connectivity index (χ1n) is 9.31. The van der Waals surface area contributed by atoms with Gasteiger partial charge < -0.3 is 10.1 Å². The van der Waals surface area contributed by atoms with Gasteiger partial charge in [0.05, 0.1) is 5.39 Å². The molecular formula is C21H14F5N5O. The van der Waals surface area contributed by atoms with Gasteiger partial charge in [0.25, 0.3) is 0 Å². The zero-order valence-electron chi connectivity index (χ0n) is 16.2. The second-order valence-electron chi connectivity index (χ2n) is 6.61. The molecule has 0 aliphatic heterocycles. The molecule has 0 aliphatic rings. The summed E-state index contributed by atoms with van der Waals surface area (Å²) < 4.78 is 71.4. The number of aromatic nitrogens is 4. The van der Waals surface area contributed by atoms with Gasteiger partial charge in [-0.15, -0.1) is 0 Å². The second-order valence-corrected chi connectivity index (χ2v) is 6.61. The summed E-state index contributed by atoms with van der Waals surface area (Å²) in [5, 5.41) is 2.94. The minimum absolute atomic E-state index is 0.0284. The topological polar surface area (TPSA) is 72.8 Å². The number of benzene rings is 2. The van der Waals surface area contributed by atoms with Gasteiger partial charge in [-0.2, -0.15) is 18.2 Å². The number of halogens is 5. The summed E-state index contributed by atoms with van der Waals surface area (Å²) in [6.07, 6.45) is -2.04. The summed E-state index contributed by atoms with van der Waals surface area (Å²) in [5.41, 5.74) is 0.760. The maximum atomic E-state index is 14.1. The van der Waals surface area contributed by atoms with Crippen LogP contribution in [0.15, 0.2) is 55.0 Å². The highest BCUT2D eigenvalue weighted by Gasteiger charge is 2.34. The molecule has 0 saturated carbocycles. The maximum absolute atomic E-state index is 14.1. The van der Waals surface area contributed by atoms with Crippen molar-refractivity contribution in [3.8, 4) is 11.6 Å². The summed E-state index contributed by atoms with van der Waals surface area (Å²) in [7, 11) is 0. The van der Waals surface area contributed by atoms with Gasteiger partial charge in [0.2, 0.25) is 11.7 Å². The van der Waals surface area contributed by atoms with Gasteiger partial charge in [0.15, 0.2) is 0 Å². The molecule has 2 heterocycles. The molecule has 0 amide bonds. The Bertz CT molecular complexity index is 1250. The molecule has 0 bridgehead atoms. The van der Waals surface area contributed by atoms with Crippen molar-refractivity contribution in [2.24, 2.45) is 0 Å². The monoisotopic (exact) mass is 447 g/mol. The van der Waals surface area contributed by atoms with Gasteiger partial charge in [-0.25, -0.2) is 23.7 Å². The molecule has 0 unspecified atom stereocenters. The number of hydrogen-bond acceptors (Lipinski definition) is 6. The van der Waals surface area contributed by atoms with E-state index in [4.69, 9.17) is 4.74 Å². The molecule has 0 saturated heterocycles. The maximum Gasteiger partial charge on any atom is 0.451 e. The number of rotatable bonds is 6. The van der Waals surface area contributed by atoms with Crippen molar-refractivity contribution in [2.45, 2.75) is 12.6 Å². The molecule has 164 valence electrons. The fraction of sp³-hybridized carbons (Fsp3) is 0.143. The van der Waals surface area contributed by atoms with Crippen LogP contribution in [0.3, 0.4) is 0 Å². The van der Waals surface area contributed by atoms with Gasteiger partial charge in [-0.3, -0.25) is 0 Å². The first-order valence-corrected chi connectivity index (χ1v) is 9.31. The molecule has 2 aromatic carbocycles. The lowest BCUT2D eigenvalue weighted by Gasteiger charge is -2.10. The average Bonchev–Trinajstić information content (AvgIpc) is 2.77. The van der Waals surface area contributed by atoms with Gasteiger partial charge >= 0.3 is 6.18 Å². The van der Waals surface area contributed by atoms with Gasteiger partial charge in [-0.1, -0.05) is 12.1 Å². The first-order chi connectivity index (χ1) is 15.3. The molecule has 0 atom stereocenters. The molecule has 4 aromatic rings. The molecule has 0 radical (unpaired) electrons. The van der Waals surface area contributed by atoms with Crippen LogP contribution in [0.25, 0.3) is 10.9 Å². The van der Waals surface area contributed by atoms with E-state index in [0.717, 1.165) is 30.2 Å². The lowest BCUT2D eigenvalue weighted by atomic mass is 10.1. The fourth-order valence-corrected chi connectivity index (χ4v) is 2.94. The Morgan fingerprint density at radius 1 is 0.875 bits per heavy atom. The number of hydrogen-bond donors (Lipinski definition) is 1. The third-order valence-corrected chi connectivity index (χ3v) is 4.42. The van der Waals surface area contributed by atoms with Crippen LogP contribution in [0.1, 0.15) is 11.4 Å². The third kappa shape index (κ3) is 4.71. The Kier molecular flexibility index (Phi) is 5.80. The number of anilines is 1. The molecular weight excluding hydrogens is 433 g/mol. The molecule has 0 fully saturated rings. The highest BCUT2D eigenvalue weighted by molar-refractivity contribution is 5.89. The van der Waals surface area contributed by atoms with Gasteiger partial charge in [0.1, 0.15) is 35.0 Å². The van der Waals surface area contributed by atoms with E-state index < -0.39 is 23.6 Å². The van der Waals surface area contributed by atoms with Crippen molar-refractivity contribution in [1.82, 2.24) is 19.9 Å². The lowest BCUT2D eigenvalue weighted by Crippen LogP contribution is -2.10. The molecule has 6 nitrogen and oxygen atoms in total. The van der Waals surface area contributed by atoms with E-state index >= 15 is 0 Å². The summed E-state index contributed by atoms with van der Waals surface area (Å²) in [5.74, 6) is -2.32. The van der Waals surface area contributed by atoms with E-state index in [0.29, 0.717) is 18.7 Å². The van der Waals surface area contributed by atoms with Crippen molar-refractivity contribution in [1.29, 1.82) is 0 Å². The van der Waals surface area contributed by atoms with Crippen molar-refractivity contribution in [3.05, 3.63) is 78.0 Å². The van der Waals surface area contributed by atoms with E-state index in [9.17, 15) is 22.0 Å². The molecule has 32 heavy (non-hydrogen) atoms. The molecule has 0 aliphatic carbocycles. The molecule has 4 rings (SSSR count). The number of ether oxygens (including phenoxy) is 1. The molecule has 0 spiro atoms. The molecule has 2 aromatic heterocycles. The van der Waals surface area contributed by atoms with E-state index in [-0.39, 0.29) is 22.6 Å². The SMILES string of the molecule is Fc1ccc(F)c2c(NCCc3ccc(Oc4ccnc(C(F)(F)F)n4)cc3)ncnc12. The van der Waals surface area contributed by atoms with Gasteiger partial charge in [0, 0.05) is 18.8 Å². The fourth-order valence-electron chi connectivity index (χ4n) is 2.94. The van der Waals surface area contributed by atoms with E-state index in [1.165, 1.54) is 6.07 Å². The summed E-state index contributed by atoms with van der Waals surface area (Å²) >= 11 is 0. The van der Waals surface area contributed by atoms with Crippen LogP contribution < -0.4 is 10.1 Å². The quantitative estimate of drug-likeness (QED) is 0.412. The van der Waals surface area contributed by atoms with Crippen molar-refractivity contribution in [2.75, 3.05) is 11.9 Å². The summed E-state index contributed by atoms with van der Waals surface area (Å²) in [4.78, 5) is 14.3. The average molecular weight is 447 g/mol. The smallest absolute Gasteiger partial charge is 0.439 e. The van der Waals surface area contributed by atoms with Crippen LogP contribution in [-0.2, 0) is 12.6 Å². The first kappa shape index (κ1) is 21.3. The van der Waals surface area contributed by atoms with Crippen LogP contribution >= 0.6 is 0 Å². The molecule has 1 N–H and O–H groups in total. The highest BCUT2D eigenvalue weighted by atomic mass is 19.4. The molecule has 11 heteroatoms.